The minimum Gasteiger partial charge on any atom is -0.323 e. The molecule has 0 aromatic heterocycles. The molecule has 27 heavy (non-hydrogen) atoms. The summed E-state index contributed by atoms with van der Waals surface area (Å²) >= 11 is 5.75. The first-order valence-corrected chi connectivity index (χ1v) is 9.00. The van der Waals surface area contributed by atoms with Gasteiger partial charge in [-0.15, -0.1) is 0 Å². The lowest BCUT2D eigenvalue weighted by Gasteiger charge is -2.36. The Kier molecular flexibility index (Phi) is 5.05. The number of rotatable bonds is 4. The number of urea groups is 1. The molecule has 10 heteroatoms. The lowest BCUT2D eigenvalue weighted by molar-refractivity contribution is -0.383. The van der Waals surface area contributed by atoms with Gasteiger partial charge in [-0.05, 0) is 30.9 Å². The van der Waals surface area contributed by atoms with E-state index in [-0.39, 0.29) is 22.3 Å². The molecule has 0 radical (unpaired) electrons. The molecule has 1 heterocycles. The summed E-state index contributed by atoms with van der Waals surface area (Å²) in [6.45, 7) is 1.40. The van der Waals surface area contributed by atoms with E-state index in [2.05, 4.69) is 10.6 Å². The molecule has 2 fully saturated rings. The summed E-state index contributed by atoms with van der Waals surface area (Å²) in [6.07, 6.45) is 3.18. The third-order valence-corrected chi connectivity index (χ3v) is 5.47. The number of nitro groups is 1. The maximum absolute atomic E-state index is 12.8. The van der Waals surface area contributed by atoms with Crippen molar-refractivity contribution in [2.45, 2.75) is 38.1 Å². The minimum atomic E-state index is -0.956. The highest BCUT2D eigenvalue weighted by Crippen LogP contribution is 2.38. The Hall–Kier alpha value is -2.68. The molecule has 1 saturated heterocycles. The molecule has 1 spiro atoms. The first kappa shape index (κ1) is 19.1. The van der Waals surface area contributed by atoms with Crippen LogP contribution in [0.25, 0.3) is 0 Å². The summed E-state index contributed by atoms with van der Waals surface area (Å²) in [5.41, 5.74) is -1.38. The van der Waals surface area contributed by atoms with E-state index in [0.29, 0.717) is 6.42 Å². The van der Waals surface area contributed by atoms with Gasteiger partial charge in [0, 0.05) is 11.1 Å². The van der Waals surface area contributed by atoms with Crippen molar-refractivity contribution in [3.05, 3.63) is 33.3 Å². The molecule has 9 nitrogen and oxygen atoms in total. The number of hydrogen-bond acceptors (Lipinski definition) is 5. The third kappa shape index (κ3) is 3.46. The Labute approximate surface area is 160 Å². The Morgan fingerprint density at radius 2 is 2.19 bits per heavy atom. The van der Waals surface area contributed by atoms with Crippen LogP contribution in [0.5, 0.6) is 0 Å². The van der Waals surface area contributed by atoms with Crippen LogP contribution in [-0.2, 0) is 9.59 Å². The number of carbonyl (C=O) groups excluding carboxylic acids is 3. The van der Waals surface area contributed by atoms with Crippen molar-refractivity contribution in [1.82, 2.24) is 10.2 Å². The third-order valence-electron chi connectivity index (χ3n) is 5.23. The van der Waals surface area contributed by atoms with Gasteiger partial charge >= 0.3 is 6.03 Å². The van der Waals surface area contributed by atoms with Crippen LogP contribution in [0.4, 0.5) is 16.2 Å². The van der Waals surface area contributed by atoms with Gasteiger partial charge in [0.25, 0.3) is 11.6 Å². The summed E-state index contributed by atoms with van der Waals surface area (Å²) in [7, 11) is 0. The molecule has 0 bridgehead atoms. The fraction of sp³-hybridized carbons (Fsp3) is 0.471. The van der Waals surface area contributed by atoms with Crippen molar-refractivity contribution in [1.29, 1.82) is 0 Å². The fourth-order valence-electron chi connectivity index (χ4n) is 3.73. The zero-order valence-electron chi connectivity index (χ0n) is 14.7. The van der Waals surface area contributed by atoms with E-state index in [1.54, 1.807) is 0 Å². The predicted octanol–water partition coefficient (Wildman–Crippen LogP) is 2.69. The smallest absolute Gasteiger partial charge is 0.323 e. The molecule has 1 aromatic rings. The van der Waals surface area contributed by atoms with Crippen molar-refractivity contribution < 1.29 is 19.3 Å². The van der Waals surface area contributed by atoms with Crippen LogP contribution in [0.1, 0.15) is 32.6 Å². The fourth-order valence-corrected chi connectivity index (χ4v) is 3.90. The quantitative estimate of drug-likeness (QED) is 0.462. The number of amides is 4. The average Bonchev–Trinajstić information content (AvgIpc) is 2.84. The van der Waals surface area contributed by atoms with E-state index in [4.69, 9.17) is 11.6 Å². The van der Waals surface area contributed by atoms with Crippen molar-refractivity contribution >= 4 is 40.8 Å². The average molecular weight is 395 g/mol. The van der Waals surface area contributed by atoms with E-state index in [1.807, 2.05) is 6.92 Å². The van der Waals surface area contributed by atoms with Crippen LogP contribution in [0, 0.1) is 16.0 Å². The summed E-state index contributed by atoms with van der Waals surface area (Å²) in [4.78, 5) is 48.8. The zero-order valence-corrected chi connectivity index (χ0v) is 15.4. The number of benzene rings is 1. The number of nitrogens with zero attached hydrogens (tertiary/aromatic N) is 2. The summed E-state index contributed by atoms with van der Waals surface area (Å²) in [6, 6.07) is 3.20. The largest absolute Gasteiger partial charge is 0.325 e. The number of imide groups is 1. The topological polar surface area (TPSA) is 122 Å². The van der Waals surface area contributed by atoms with Crippen LogP contribution in [0.3, 0.4) is 0 Å². The van der Waals surface area contributed by atoms with Gasteiger partial charge in [-0.25, -0.2) is 4.79 Å². The Balaban J connectivity index is 1.74. The number of halogens is 1. The number of anilines is 1. The molecular weight excluding hydrogens is 376 g/mol. The van der Waals surface area contributed by atoms with E-state index in [9.17, 15) is 24.5 Å². The molecule has 1 aromatic carbocycles. The lowest BCUT2D eigenvalue weighted by Crippen LogP contribution is -2.54. The second-order valence-corrected chi connectivity index (χ2v) is 7.34. The summed E-state index contributed by atoms with van der Waals surface area (Å²) < 4.78 is 0. The summed E-state index contributed by atoms with van der Waals surface area (Å²) in [5.74, 6) is -1.14. The second-order valence-electron chi connectivity index (χ2n) is 6.91. The van der Waals surface area contributed by atoms with Crippen LogP contribution in [0.2, 0.25) is 5.02 Å². The molecule has 0 unspecified atom stereocenters. The monoisotopic (exact) mass is 394 g/mol. The van der Waals surface area contributed by atoms with Crippen LogP contribution in [-0.4, -0.2) is 39.8 Å². The van der Waals surface area contributed by atoms with Gasteiger partial charge in [-0.2, -0.15) is 0 Å². The van der Waals surface area contributed by atoms with Gasteiger partial charge in [0.15, 0.2) is 0 Å². The van der Waals surface area contributed by atoms with Gasteiger partial charge in [0.2, 0.25) is 5.91 Å². The maximum Gasteiger partial charge on any atom is 0.325 e. The van der Waals surface area contributed by atoms with Gasteiger partial charge < -0.3 is 10.6 Å². The first-order chi connectivity index (χ1) is 12.7. The van der Waals surface area contributed by atoms with Crippen molar-refractivity contribution in [2.24, 2.45) is 5.92 Å². The standard InChI is InChI=1S/C17H19ClN4O5/c1-10-4-2-3-7-17(10)15(24)21(16(25)20-17)9-14(23)19-12-6-5-11(18)8-13(12)22(26)27/h5-6,8,10H,2-4,7,9H2,1H3,(H,19,23)(H,20,25)/t10-,17-/m0/s1. The van der Waals surface area contributed by atoms with Crippen molar-refractivity contribution in [3.63, 3.8) is 0 Å². The zero-order chi connectivity index (χ0) is 19.8. The number of carbonyl (C=O) groups is 3. The Morgan fingerprint density at radius 3 is 2.85 bits per heavy atom. The van der Waals surface area contributed by atoms with E-state index < -0.39 is 34.9 Å². The van der Waals surface area contributed by atoms with E-state index in [1.165, 1.54) is 12.1 Å². The molecule has 144 valence electrons. The van der Waals surface area contributed by atoms with Crippen LogP contribution >= 0.6 is 11.6 Å². The molecule has 1 aliphatic heterocycles. The minimum absolute atomic E-state index is 0.0203. The van der Waals surface area contributed by atoms with Crippen molar-refractivity contribution in [2.75, 3.05) is 11.9 Å². The van der Waals surface area contributed by atoms with Gasteiger partial charge in [-0.3, -0.25) is 24.6 Å². The molecule has 4 amide bonds. The van der Waals surface area contributed by atoms with E-state index >= 15 is 0 Å². The predicted molar refractivity (Wildman–Crippen MR) is 97.3 cm³/mol. The highest BCUT2D eigenvalue weighted by Gasteiger charge is 2.55. The molecule has 2 atom stereocenters. The normalized spacial score (nSPS) is 24.8. The molecule has 1 saturated carbocycles. The van der Waals surface area contributed by atoms with Crippen LogP contribution in [0.15, 0.2) is 18.2 Å². The maximum atomic E-state index is 12.8. The molecule has 1 aliphatic carbocycles. The van der Waals surface area contributed by atoms with Crippen LogP contribution < -0.4 is 10.6 Å². The second kappa shape index (κ2) is 7.15. The lowest BCUT2D eigenvalue weighted by atomic mass is 9.73. The van der Waals surface area contributed by atoms with Gasteiger partial charge in [0.1, 0.15) is 17.8 Å². The molecular formula is C17H19ClN4O5. The molecule has 3 rings (SSSR count). The van der Waals surface area contributed by atoms with Gasteiger partial charge in [-0.1, -0.05) is 31.4 Å². The molecule has 2 N–H and O–H groups in total. The summed E-state index contributed by atoms with van der Waals surface area (Å²) in [5, 5.41) is 16.4. The highest BCUT2D eigenvalue weighted by atomic mass is 35.5. The van der Waals surface area contributed by atoms with Crippen molar-refractivity contribution in [3.8, 4) is 0 Å². The number of nitro benzene ring substituents is 1. The Bertz CT molecular complexity index is 830. The SMILES string of the molecule is C[C@H]1CCCC[C@]12NC(=O)N(CC(=O)Nc1ccc(Cl)cc1[N+](=O)[O-])C2=O. The number of nitrogens with one attached hydrogen (secondary N) is 2. The first-order valence-electron chi connectivity index (χ1n) is 8.62. The number of hydrogen-bond donors (Lipinski definition) is 2. The van der Waals surface area contributed by atoms with E-state index in [0.717, 1.165) is 30.2 Å². The Morgan fingerprint density at radius 1 is 1.44 bits per heavy atom. The highest BCUT2D eigenvalue weighted by molar-refractivity contribution is 6.31. The molecule has 2 aliphatic rings. The van der Waals surface area contributed by atoms with Gasteiger partial charge in [0.05, 0.1) is 4.92 Å².